The summed E-state index contributed by atoms with van der Waals surface area (Å²) in [6.45, 7) is 3.96. The number of hydrogen-bond donors (Lipinski definition) is 2. The fourth-order valence-corrected chi connectivity index (χ4v) is 1.27. The first kappa shape index (κ1) is 22.8. The standard InChI is InChI=1S/C10H21N5O6.Na/c1-3-20-9(16)11-5-7-14(15(19)13-18)8-6-12-10(17)21-4-2;/h18H,3-8H2,1-2H3,(H,11,16)(H,12,17);/q;+1/p-1/b15-13+;. The minimum Gasteiger partial charge on any atom is -0.737 e. The molecule has 11 nitrogen and oxygen atoms in total. The minimum absolute atomic E-state index is 0. The van der Waals surface area contributed by atoms with Gasteiger partial charge in [-0.15, -0.1) is 5.01 Å². The molecule has 0 aromatic rings. The van der Waals surface area contributed by atoms with Gasteiger partial charge in [-0.2, -0.15) is 0 Å². The van der Waals surface area contributed by atoms with Crippen LogP contribution in [0.25, 0.3) is 0 Å². The van der Waals surface area contributed by atoms with Crippen molar-refractivity contribution in [1.82, 2.24) is 15.6 Å². The summed E-state index contributed by atoms with van der Waals surface area (Å²) in [5.41, 5.74) is 0. The van der Waals surface area contributed by atoms with Crippen LogP contribution in [0.15, 0.2) is 5.28 Å². The second-order valence-electron chi connectivity index (χ2n) is 3.58. The Bertz CT molecular complexity index is 333. The Morgan fingerprint density at radius 3 is 1.82 bits per heavy atom. The molecule has 0 atom stereocenters. The Balaban J connectivity index is 0. The summed E-state index contributed by atoms with van der Waals surface area (Å²) in [4.78, 5) is 21.9. The fourth-order valence-electron chi connectivity index (χ4n) is 1.27. The summed E-state index contributed by atoms with van der Waals surface area (Å²) >= 11 is 0. The third-order valence-corrected chi connectivity index (χ3v) is 2.14. The number of carbonyl (C=O) groups excluding carboxylic acids is 2. The Hall–Kier alpha value is -1.46. The number of hydrazine groups is 1. The van der Waals surface area contributed by atoms with E-state index in [1.54, 1.807) is 13.8 Å². The molecule has 0 saturated heterocycles. The summed E-state index contributed by atoms with van der Waals surface area (Å²) in [5.74, 6) is 0. The van der Waals surface area contributed by atoms with Gasteiger partial charge < -0.3 is 30.5 Å². The zero-order chi connectivity index (χ0) is 16.1. The number of ether oxygens (including phenoxy) is 2. The fraction of sp³-hybridized carbons (Fsp3) is 0.800. The Morgan fingerprint density at radius 1 is 1.09 bits per heavy atom. The Morgan fingerprint density at radius 2 is 1.50 bits per heavy atom. The van der Waals surface area contributed by atoms with E-state index in [-0.39, 0.29) is 73.9 Å². The summed E-state index contributed by atoms with van der Waals surface area (Å²) in [6, 6.07) is 0. The van der Waals surface area contributed by atoms with Gasteiger partial charge in [-0.3, -0.25) is 0 Å². The second-order valence-corrected chi connectivity index (χ2v) is 3.58. The topological polar surface area (TPSA) is 141 Å². The molecule has 0 radical (unpaired) electrons. The quantitative estimate of drug-likeness (QED) is 0.201. The number of carbonyl (C=O) groups is 2. The molecule has 0 heterocycles. The van der Waals surface area contributed by atoms with Crippen molar-refractivity contribution in [2.75, 3.05) is 39.4 Å². The van der Waals surface area contributed by atoms with E-state index in [9.17, 15) is 20.0 Å². The molecule has 0 aliphatic carbocycles. The van der Waals surface area contributed by atoms with Crippen LogP contribution in [0.3, 0.4) is 0 Å². The summed E-state index contributed by atoms with van der Waals surface area (Å²) in [5, 5.41) is 29.4. The minimum atomic E-state index is -0.626. The van der Waals surface area contributed by atoms with E-state index >= 15 is 0 Å². The van der Waals surface area contributed by atoms with E-state index in [0.29, 0.717) is 0 Å². The van der Waals surface area contributed by atoms with Gasteiger partial charge in [0.1, 0.15) is 0 Å². The first-order valence-electron chi connectivity index (χ1n) is 6.41. The third kappa shape index (κ3) is 11.2. The molecule has 0 aliphatic heterocycles. The van der Waals surface area contributed by atoms with Crippen molar-refractivity contribution >= 4 is 12.2 Å². The molecule has 12 heteroatoms. The van der Waals surface area contributed by atoms with Crippen molar-refractivity contribution in [2.24, 2.45) is 5.28 Å². The molecule has 0 fully saturated rings. The van der Waals surface area contributed by atoms with Crippen molar-refractivity contribution < 1.29 is 53.6 Å². The molecule has 0 bridgehead atoms. The van der Waals surface area contributed by atoms with Gasteiger partial charge in [0.05, 0.1) is 26.3 Å². The maximum absolute atomic E-state index is 11.2. The van der Waals surface area contributed by atoms with Crippen LogP contribution in [0.5, 0.6) is 0 Å². The molecule has 22 heavy (non-hydrogen) atoms. The van der Waals surface area contributed by atoms with Crippen LogP contribution in [-0.4, -0.2) is 61.6 Å². The van der Waals surface area contributed by atoms with Gasteiger partial charge in [0.15, 0.2) is 0 Å². The number of rotatable bonds is 9. The molecule has 2 N–H and O–H groups in total. The van der Waals surface area contributed by atoms with Gasteiger partial charge in [0.2, 0.25) is 0 Å². The number of amides is 2. The van der Waals surface area contributed by atoms with Crippen LogP contribution in [0, 0.1) is 10.4 Å². The van der Waals surface area contributed by atoms with Gasteiger partial charge in [0, 0.05) is 18.1 Å². The molecule has 0 aliphatic rings. The number of nitrogens with one attached hydrogen (secondary N) is 2. The molecular formula is C10H20N5NaO6. The number of nitrogens with zero attached hydrogens (tertiary/aromatic N) is 3. The third-order valence-electron chi connectivity index (χ3n) is 2.14. The molecule has 0 unspecified atom stereocenters. The van der Waals surface area contributed by atoms with Crippen molar-refractivity contribution in [2.45, 2.75) is 13.8 Å². The van der Waals surface area contributed by atoms with Gasteiger partial charge in [-0.1, -0.05) is 0 Å². The first-order chi connectivity index (χ1) is 10.0. The number of alkyl carbamates (subject to hydrolysis) is 2. The largest absolute Gasteiger partial charge is 1.00 e. The van der Waals surface area contributed by atoms with Gasteiger partial charge >= 0.3 is 41.7 Å². The maximum atomic E-state index is 11.2. The van der Waals surface area contributed by atoms with Gasteiger partial charge in [-0.25, -0.2) is 9.59 Å². The predicted molar refractivity (Wildman–Crippen MR) is 71.0 cm³/mol. The molecular weight excluding hydrogens is 309 g/mol. The zero-order valence-electron chi connectivity index (χ0n) is 13.0. The van der Waals surface area contributed by atoms with Crippen LogP contribution < -0.4 is 40.2 Å². The van der Waals surface area contributed by atoms with Gasteiger partial charge in [-0.05, 0) is 19.1 Å². The van der Waals surface area contributed by atoms with Crippen LogP contribution in [0.1, 0.15) is 13.8 Å². The maximum Gasteiger partial charge on any atom is 1.00 e. The monoisotopic (exact) mass is 329 g/mol. The van der Waals surface area contributed by atoms with E-state index in [1.807, 2.05) is 0 Å². The molecule has 0 aromatic carbocycles. The van der Waals surface area contributed by atoms with E-state index in [1.165, 1.54) is 0 Å². The predicted octanol–water partition coefficient (Wildman–Crippen LogP) is -2.84. The molecule has 0 aromatic heterocycles. The second kappa shape index (κ2) is 14.5. The molecule has 0 spiro atoms. The van der Waals surface area contributed by atoms with E-state index in [0.717, 1.165) is 5.01 Å². The summed E-state index contributed by atoms with van der Waals surface area (Å²) in [7, 11) is 0. The summed E-state index contributed by atoms with van der Waals surface area (Å²) in [6.07, 6.45) is -1.25. The summed E-state index contributed by atoms with van der Waals surface area (Å²) < 4.78 is 9.26. The van der Waals surface area contributed by atoms with E-state index in [4.69, 9.17) is 0 Å². The van der Waals surface area contributed by atoms with Crippen LogP contribution in [0.4, 0.5) is 9.59 Å². The van der Waals surface area contributed by atoms with Crippen molar-refractivity contribution in [3.05, 3.63) is 10.4 Å². The average molecular weight is 329 g/mol. The van der Waals surface area contributed by atoms with Crippen LogP contribution in [-0.2, 0) is 9.47 Å². The molecule has 0 saturated carbocycles. The van der Waals surface area contributed by atoms with E-state index < -0.39 is 12.2 Å². The molecule has 2 amide bonds. The average Bonchev–Trinajstić information content (AvgIpc) is 2.45. The normalized spacial score (nSPS) is 10.2. The number of hydrogen-bond acceptors (Lipinski definition) is 7. The van der Waals surface area contributed by atoms with Crippen LogP contribution >= 0.6 is 0 Å². The smallest absolute Gasteiger partial charge is 0.737 e. The molecule has 122 valence electrons. The van der Waals surface area contributed by atoms with E-state index in [2.05, 4.69) is 25.4 Å². The van der Waals surface area contributed by atoms with Crippen molar-refractivity contribution in [1.29, 1.82) is 0 Å². The van der Waals surface area contributed by atoms with Crippen LogP contribution in [0.2, 0.25) is 0 Å². The molecule has 0 rings (SSSR count). The van der Waals surface area contributed by atoms with Crippen molar-refractivity contribution in [3.8, 4) is 0 Å². The Kier molecular flexibility index (Phi) is 15.0. The zero-order valence-corrected chi connectivity index (χ0v) is 15.0. The van der Waals surface area contributed by atoms with Crippen molar-refractivity contribution in [3.63, 3.8) is 0 Å². The van der Waals surface area contributed by atoms with Gasteiger partial charge in [0.25, 0.3) is 0 Å². The first-order valence-corrected chi connectivity index (χ1v) is 6.41. The SMILES string of the molecule is CCOC(=O)NCCN(CCNC(=O)OCC)/[N+]([O-])=N\[O-].[Na+]. The Labute approximate surface area is 150 Å².